The predicted octanol–water partition coefficient (Wildman–Crippen LogP) is 10.9. The number of allylic oxidation sites excluding steroid dienone is 1. The molecule has 0 unspecified atom stereocenters. The highest BCUT2D eigenvalue weighted by molar-refractivity contribution is 5.90. The molecule has 0 saturated heterocycles. The van der Waals surface area contributed by atoms with Gasteiger partial charge in [-0.3, -0.25) is 0 Å². The smallest absolute Gasteiger partial charge is 0.338 e. The van der Waals surface area contributed by atoms with E-state index in [-0.39, 0.29) is 46.9 Å². The third-order valence-corrected chi connectivity index (χ3v) is 14.3. The first kappa shape index (κ1) is 38.1. The lowest BCUT2D eigenvalue weighted by Crippen LogP contribution is -2.57. The third kappa shape index (κ3) is 7.42. The van der Waals surface area contributed by atoms with Gasteiger partial charge >= 0.3 is 17.9 Å². The summed E-state index contributed by atoms with van der Waals surface area (Å²) in [5, 5.41) is 0. The van der Waals surface area contributed by atoms with E-state index in [2.05, 4.69) is 40.7 Å². The van der Waals surface area contributed by atoms with Gasteiger partial charge in [0.15, 0.2) is 0 Å². The fourth-order valence-electron chi connectivity index (χ4n) is 11.4. The van der Waals surface area contributed by atoms with E-state index in [9.17, 15) is 14.4 Å². The molecule has 10 atom stereocenters. The lowest BCUT2D eigenvalue weighted by Gasteiger charge is -2.60. The number of hydrogen-bond donors (Lipinski definition) is 0. The van der Waals surface area contributed by atoms with Gasteiger partial charge in [-0.25, -0.2) is 14.4 Å². The third-order valence-electron chi connectivity index (χ3n) is 14.3. The van der Waals surface area contributed by atoms with Crippen molar-refractivity contribution in [2.75, 3.05) is 0 Å². The number of esters is 3. The van der Waals surface area contributed by atoms with E-state index in [1.54, 1.807) is 12.1 Å². The van der Waals surface area contributed by atoms with Crippen LogP contribution in [0.15, 0.2) is 103 Å². The van der Waals surface area contributed by atoms with E-state index in [4.69, 9.17) is 14.2 Å². The number of fused-ring (bicyclic) bond motifs is 5. The van der Waals surface area contributed by atoms with Gasteiger partial charge in [0.2, 0.25) is 0 Å². The van der Waals surface area contributed by atoms with E-state index >= 15 is 0 Å². The minimum atomic E-state index is -0.404. The summed E-state index contributed by atoms with van der Waals surface area (Å²) in [6.07, 6.45) is 10.3. The van der Waals surface area contributed by atoms with Crippen LogP contribution in [0.3, 0.4) is 0 Å². The molecule has 0 amide bonds. The average Bonchev–Trinajstić information content (AvgIpc) is 3.55. The minimum absolute atomic E-state index is 0.111. The van der Waals surface area contributed by atoms with E-state index in [1.807, 2.05) is 78.9 Å². The SMILES string of the molecule is CC(C)[C@@H](CC[C@@H](C)[C@H]1CC[C@H]2[C@@H]3CC=C4C[C@@H](OC(=O)c5ccccc5)C[C@H](OC(=O)c5ccccc5)[C@]4(C)[C@H]3CC[C@]12C)OC(=O)c1ccccc1. The molecule has 6 heteroatoms. The molecule has 0 spiro atoms. The van der Waals surface area contributed by atoms with Crippen molar-refractivity contribution in [3.8, 4) is 0 Å². The Hall–Kier alpha value is -4.19. The second kappa shape index (κ2) is 15.9. The van der Waals surface area contributed by atoms with Gasteiger partial charge in [-0.1, -0.05) is 101 Å². The second-order valence-corrected chi connectivity index (χ2v) is 17.6. The maximum atomic E-state index is 13.7. The lowest BCUT2D eigenvalue weighted by molar-refractivity contribution is -0.114. The van der Waals surface area contributed by atoms with Crippen LogP contribution in [0.4, 0.5) is 0 Å². The molecule has 54 heavy (non-hydrogen) atoms. The molecule has 0 N–H and O–H groups in total. The molecule has 0 heterocycles. The van der Waals surface area contributed by atoms with Crippen LogP contribution in [0.2, 0.25) is 0 Å². The Morgan fingerprint density at radius 3 is 1.87 bits per heavy atom. The van der Waals surface area contributed by atoms with Crippen molar-refractivity contribution in [1.29, 1.82) is 0 Å². The van der Waals surface area contributed by atoms with Crippen LogP contribution in [-0.2, 0) is 14.2 Å². The maximum absolute atomic E-state index is 13.7. The molecule has 3 fully saturated rings. The van der Waals surface area contributed by atoms with Gasteiger partial charge in [-0.05, 0) is 122 Å². The van der Waals surface area contributed by atoms with E-state index in [0.717, 1.165) is 32.1 Å². The van der Waals surface area contributed by atoms with Gasteiger partial charge in [0, 0.05) is 18.3 Å². The van der Waals surface area contributed by atoms with Crippen LogP contribution in [0.1, 0.15) is 123 Å². The largest absolute Gasteiger partial charge is 0.459 e. The zero-order chi connectivity index (χ0) is 38.0. The molecule has 3 aromatic rings. The van der Waals surface area contributed by atoms with Crippen LogP contribution in [0, 0.1) is 46.3 Å². The molecule has 0 aliphatic heterocycles. The fourth-order valence-corrected chi connectivity index (χ4v) is 11.4. The molecular formula is C48H58O6. The Morgan fingerprint density at radius 1 is 0.704 bits per heavy atom. The first-order valence-corrected chi connectivity index (χ1v) is 20.5. The number of hydrogen-bond acceptors (Lipinski definition) is 6. The van der Waals surface area contributed by atoms with Crippen molar-refractivity contribution in [2.45, 2.75) is 111 Å². The number of benzene rings is 3. The Balaban J connectivity index is 1.08. The van der Waals surface area contributed by atoms with Gasteiger partial charge in [0.25, 0.3) is 0 Å². The highest BCUT2D eigenvalue weighted by Gasteiger charge is 2.62. The first-order chi connectivity index (χ1) is 26.0. The topological polar surface area (TPSA) is 78.9 Å². The summed E-state index contributed by atoms with van der Waals surface area (Å²) in [5.74, 6) is 1.97. The molecule has 0 aromatic heterocycles. The highest BCUT2D eigenvalue weighted by atomic mass is 16.6. The van der Waals surface area contributed by atoms with Crippen LogP contribution in [-0.4, -0.2) is 36.2 Å². The van der Waals surface area contributed by atoms with Crippen LogP contribution >= 0.6 is 0 Å². The summed E-state index contributed by atoms with van der Waals surface area (Å²) < 4.78 is 18.8. The zero-order valence-corrected chi connectivity index (χ0v) is 32.7. The summed E-state index contributed by atoms with van der Waals surface area (Å²) >= 11 is 0. The molecule has 6 nitrogen and oxygen atoms in total. The first-order valence-electron chi connectivity index (χ1n) is 20.5. The summed E-state index contributed by atoms with van der Waals surface area (Å²) in [6, 6.07) is 27.7. The molecule has 3 saturated carbocycles. The number of rotatable bonds is 11. The van der Waals surface area contributed by atoms with Crippen LogP contribution < -0.4 is 0 Å². The highest BCUT2D eigenvalue weighted by Crippen LogP contribution is 2.67. The summed E-state index contributed by atoms with van der Waals surface area (Å²) in [5.41, 5.74) is 2.86. The van der Waals surface area contributed by atoms with Crippen molar-refractivity contribution in [3.05, 3.63) is 119 Å². The van der Waals surface area contributed by atoms with Gasteiger partial charge < -0.3 is 14.2 Å². The normalized spacial score (nSPS) is 31.2. The monoisotopic (exact) mass is 730 g/mol. The van der Waals surface area contributed by atoms with Crippen molar-refractivity contribution in [1.82, 2.24) is 0 Å². The summed E-state index contributed by atoms with van der Waals surface area (Å²) in [7, 11) is 0. The quantitative estimate of drug-likeness (QED) is 0.111. The number of carbonyl (C=O) groups is 3. The number of carbonyl (C=O) groups excluding carboxylic acids is 3. The Bertz CT molecular complexity index is 1800. The van der Waals surface area contributed by atoms with Crippen molar-refractivity contribution in [3.63, 3.8) is 0 Å². The average molecular weight is 731 g/mol. The van der Waals surface area contributed by atoms with E-state index in [1.165, 1.54) is 18.4 Å². The molecule has 286 valence electrons. The summed E-state index contributed by atoms with van der Waals surface area (Å²) in [4.78, 5) is 39.9. The molecule has 3 aromatic carbocycles. The lowest BCUT2D eigenvalue weighted by atomic mass is 9.46. The van der Waals surface area contributed by atoms with Gasteiger partial charge in [-0.15, -0.1) is 0 Å². The minimum Gasteiger partial charge on any atom is -0.459 e. The van der Waals surface area contributed by atoms with Gasteiger partial charge in [-0.2, -0.15) is 0 Å². The van der Waals surface area contributed by atoms with Crippen LogP contribution in [0.5, 0.6) is 0 Å². The van der Waals surface area contributed by atoms with E-state index in [0.29, 0.717) is 59.1 Å². The standard InChI is InChI=1S/C48H58O6/c1-31(2)42(53-45(50)34-17-11-7-12-18-34)26-21-32(3)39-24-25-40-38-23-22-36-29-37(52-44(49)33-15-9-6-10-16-33)30-43(54-46(51)35-19-13-8-14-20-35)48(36,5)41(38)27-28-47(39,40)4/h6-20,22,31-32,37-43H,21,23-30H2,1-5H3/t32-,37-,38+,39-,40+,41+,42-,43+,47-,48+/m1/s1. The fraction of sp³-hybridized carbons (Fsp3) is 0.521. The number of ether oxygens (including phenoxy) is 3. The Labute approximate surface area is 322 Å². The van der Waals surface area contributed by atoms with Gasteiger partial charge in [0.05, 0.1) is 16.7 Å². The molecule has 7 rings (SSSR count). The predicted molar refractivity (Wildman–Crippen MR) is 211 cm³/mol. The van der Waals surface area contributed by atoms with Crippen molar-refractivity contribution in [2.24, 2.45) is 46.3 Å². The maximum Gasteiger partial charge on any atom is 0.338 e. The molecule has 4 aliphatic carbocycles. The summed E-state index contributed by atoms with van der Waals surface area (Å²) in [6.45, 7) is 11.6. The molecule has 0 radical (unpaired) electrons. The Kier molecular flexibility index (Phi) is 11.2. The zero-order valence-electron chi connectivity index (χ0n) is 32.7. The van der Waals surface area contributed by atoms with Crippen molar-refractivity contribution >= 4 is 17.9 Å². The molecule has 4 aliphatic rings. The second-order valence-electron chi connectivity index (χ2n) is 17.6. The molecule has 0 bridgehead atoms. The van der Waals surface area contributed by atoms with Crippen molar-refractivity contribution < 1.29 is 28.6 Å². The van der Waals surface area contributed by atoms with Gasteiger partial charge in [0.1, 0.15) is 18.3 Å². The molecular weight excluding hydrogens is 673 g/mol. The Morgan fingerprint density at radius 2 is 1.28 bits per heavy atom. The van der Waals surface area contributed by atoms with Crippen LogP contribution in [0.25, 0.3) is 0 Å². The van der Waals surface area contributed by atoms with E-state index < -0.39 is 6.10 Å².